The van der Waals surface area contributed by atoms with Crippen LogP contribution in [0.1, 0.15) is 46.1 Å². The zero-order chi connectivity index (χ0) is 22.4. The van der Waals surface area contributed by atoms with E-state index in [4.69, 9.17) is 20.1 Å². The number of amides is 1. The second kappa shape index (κ2) is 18.8. The first-order chi connectivity index (χ1) is 14.5. The van der Waals surface area contributed by atoms with Crippen LogP contribution in [0.4, 0.5) is 4.79 Å². The zero-order valence-electron chi connectivity index (χ0n) is 17.6. The van der Waals surface area contributed by atoms with Gasteiger partial charge in [-0.1, -0.05) is 45.2 Å². The lowest BCUT2D eigenvalue weighted by atomic mass is 10.1. The summed E-state index contributed by atoms with van der Waals surface area (Å²) in [5.41, 5.74) is 0.922. The maximum Gasteiger partial charge on any atom is 0.410 e. The molecule has 0 aromatic heterocycles. The third-order valence-electron chi connectivity index (χ3n) is 4.89. The predicted octanol–water partition coefficient (Wildman–Crippen LogP) is 1.11. The monoisotopic (exact) mass is 460 g/mol. The van der Waals surface area contributed by atoms with E-state index in [1.807, 2.05) is 30.3 Å². The van der Waals surface area contributed by atoms with E-state index in [2.05, 4.69) is 5.32 Å². The lowest BCUT2D eigenvalue weighted by molar-refractivity contribution is 0.00690. The van der Waals surface area contributed by atoms with E-state index < -0.39 is 30.5 Å². The van der Waals surface area contributed by atoms with Gasteiger partial charge in [0.25, 0.3) is 0 Å². The topological polar surface area (TPSA) is 143 Å². The molecule has 1 amide bonds. The maximum absolute atomic E-state index is 11.9. The van der Waals surface area contributed by atoms with Gasteiger partial charge in [0.1, 0.15) is 6.61 Å². The van der Waals surface area contributed by atoms with E-state index in [-0.39, 0.29) is 28.0 Å². The molecule has 2 fully saturated rings. The molecule has 0 aliphatic carbocycles. The number of carbonyl (C=O) groups excluding carboxylic acids is 1. The number of hydrogen-bond acceptors (Lipinski definition) is 8. The molecule has 0 unspecified atom stereocenters. The number of ether oxygens (including phenoxy) is 1. The Bertz CT molecular complexity index is 567. The summed E-state index contributed by atoms with van der Waals surface area (Å²) < 4.78 is 5.20. The third-order valence-corrected chi connectivity index (χ3v) is 4.89. The number of aliphatic hydroxyl groups excluding tert-OH is 5. The van der Waals surface area contributed by atoms with Crippen molar-refractivity contribution >= 4 is 6.09 Å². The molecule has 2 aliphatic heterocycles. The summed E-state index contributed by atoms with van der Waals surface area (Å²) in [7, 11) is 1.00. The van der Waals surface area contributed by atoms with Crippen molar-refractivity contribution in [3.8, 4) is 0 Å². The van der Waals surface area contributed by atoms with Crippen molar-refractivity contribution in [2.24, 2.45) is 0 Å². The quantitative estimate of drug-likeness (QED) is 0.385. The van der Waals surface area contributed by atoms with Crippen molar-refractivity contribution in [2.45, 2.75) is 71.6 Å². The summed E-state index contributed by atoms with van der Waals surface area (Å²) in [4.78, 5) is 13.3. The van der Waals surface area contributed by atoms with Crippen LogP contribution < -0.4 is 5.32 Å². The normalized spacial score (nSPS) is 25.0. The highest BCUT2D eigenvalue weighted by Crippen LogP contribution is 2.13. The van der Waals surface area contributed by atoms with Crippen LogP contribution in [0.25, 0.3) is 0 Å². The van der Waals surface area contributed by atoms with Crippen molar-refractivity contribution in [3.05, 3.63) is 35.9 Å². The highest BCUT2D eigenvalue weighted by atomic mass is 16.6. The number of hydrogen-bond donors (Lipinski definition) is 6. The van der Waals surface area contributed by atoms with Crippen molar-refractivity contribution in [3.63, 3.8) is 0 Å². The Hall–Kier alpha value is -1.75. The smallest absolute Gasteiger partial charge is 0.410 e. The van der Waals surface area contributed by atoms with Gasteiger partial charge in [0.15, 0.2) is 0 Å². The number of nitrogens with zero attached hydrogens (tertiary/aromatic N) is 1. The SMILES string of the molecule is C.C.CO.O=C(OCc1ccccc1)N1CCC[C@@H](O)[C@@H](O)C1.O[C@@H]1CCCNC[C@@H]1O. The van der Waals surface area contributed by atoms with Gasteiger partial charge in [0.2, 0.25) is 0 Å². The van der Waals surface area contributed by atoms with Crippen molar-refractivity contribution in [1.29, 1.82) is 0 Å². The number of β-amino-alcohol motifs (C(OH)–C–C–N with tert-alkyl or cyclic N) is 2. The Labute approximate surface area is 192 Å². The van der Waals surface area contributed by atoms with Crippen LogP contribution in [-0.2, 0) is 11.3 Å². The van der Waals surface area contributed by atoms with E-state index in [1.54, 1.807) is 0 Å². The molecule has 2 saturated heterocycles. The highest BCUT2D eigenvalue weighted by Gasteiger charge is 2.27. The standard InChI is InChI=1S/C14H19NO4.C6H13NO2.CH4O.2CH4/c16-12-7-4-8-15(9-13(12)17)14(18)19-10-11-5-2-1-3-6-11;8-5-2-1-3-7-4-6(5)9;1-2;;/h1-3,5-6,12-13,16-17H,4,7-10H2;5-9H,1-4H2;2H,1H3;2*1H4/t12-,13+;5-,6+;;;/m11.../s1. The number of rotatable bonds is 2. The minimum Gasteiger partial charge on any atom is -0.445 e. The predicted molar refractivity (Wildman–Crippen MR) is 125 cm³/mol. The lowest BCUT2D eigenvalue weighted by Gasteiger charge is -2.22. The van der Waals surface area contributed by atoms with Crippen LogP contribution in [0.3, 0.4) is 0 Å². The summed E-state index contributed by atoms with van der Waals surface area (Å²) in [6.07, 6.45) is -0.336. The molecule has 1 aromatic rings. The van der Waals surface area contributed by atoms with Gasteiger partial charge in [0.05, 0.1) is 31.0 Å². The summed E-state index contributed by atoms with van der Waals surface area (Å²) in [6, 6.07) is 9.44. The first-order valence-electron chi connectivity index (χ1n) is 10.3. The van der Waals surface area contributed by atoms with Crippen molar-refractivity contribution < 1.29 is 35.1 Å². The highest BCUT2D eigenvalue weighted by molar-refractivity contribution is 5.67. The van der Waals surface area contributed by atoms with E-state index in [1.165, 1.54) is 4.90 Å². The molecular weight excluding hydrogens is 416 g/mol. The molecule has 0 radical (unpaired) electrons. The van der Waals surface area contributed by atoms with Gasteiger partial charge in [-0.3, -0.25) is 0 Å². The Morgan fingerprint density at radius 1 is 0.969 bits per heavy atom. The second-order valence-corrected chi connectivity index (χ2v) is 7.24. The minimum absolute atomic E-state index is 0. The number of aliphatic hydroxyl groups is 5. The van der Waals surface area contributed by atoms with Gasteiger partial charge in [-0.25, -0.2) is 4.79 Å². The number of likely N-dealkylation sites (tertiary alicyclic amines) is 1. The Morgan fingerprint density at radius 2 is 1.56 bits per heavy atom. The molecule has 188 valence electrons. The Morgan fingerprint density at radius 3 is 2.22 bits per heavy atom. The fourth-order valence-corrected chi connectivity index (χ4v) is 3.11. The van der Waals surface area contributed by atoms with E-state index >= 15 is 0 Å². The zero-order valence-corrected chi connectivity index (χ0v) is 17.6. The lowest BCUT2D eigenvalue weighted by Crippen LogP contribution is -2.39. The van der Waals surface area contributed by atoms with E-state index in [0.29, 0.717) is 32.4 Å². The van der Waals surface area contributed by atoms with Gasteiger partial charge in [-0.2, -0.15) is 0 Å². The van der Waals surface area contributed by atoms with Crippen LogP contribution in [-0.4, -0.2) is 94.2 Å². The fourth-order valence-electron chi connectivity index (χ4n) is 3.11. The van der Waals surface area contributed by atoms with Gasteiger partial charge < -0.3 is 40.5 Å². The Balaban J connectivity index is 0. The molecule has 0 spiro atoms. The van der Waals surface area contributed by atoms with Crippen LogP contribution in [0.2, 0.25) is 0 Å². The number of benzene rings is 1. The van der Waals surface area contributed by atoms with Gasteiger partial charge in [0, 0.05) is 20.2 Å². The van der Waals surface area contributed by atoms with Crippen LogP contribution >= 0.6 is 0 Å². The summed E-state index contributed by atoms with van der Waals surface area (Å²) in [5.74, 6) is 0. The maximum atomic E-state index is 11.9. The average Bonchev–Trinajstić information content (AvgIpc) is 3.07. The summed E-state index contributed by atoms with van der Waals surface area (Å²) in [5, 5.41) is 47.3. The molecule has 2 aliphatic rings. The third kappa shape index (κ3) is 12.3. The fraction of sp³-hybridized carbons (Fsp3) is 0.696. The largest absolute Gasteiger partial charge is 0.445 e. The summed E-state index contributed by atoms with van der Waals surface area (Å²) >= 11 is 0. The number of nitrogens with one attached hydrogen (secondary N) is 1. The molecule has 6 N–H and O–H groups in total. The van der Waals surface area contributed by atoms with Gasteiger partial charge in [-0.15, -0.1) is 0 Å². The Kier molecular flexibility index (Phi) is 19.0. The molecule has 0 bridgehead atoms. The molecule has 0 saturated carbocycles. The van der Waals surface area contributed by atoms with Crippen LogP contribution in [0.5, 0.6) is 0 Å². The van der Waals surface area contributed by atoms with E-state index in [9.17, 15) is 15.0 Å². The minimum atomic E-state index is -0.897. The number of carbonyl (C=O) groups is 1. The first-order valence-corrected chi connectivity index (χ1v) is 10.3. The van der Waals surface area contributed by atoms with Crippen LogP contribution in [0, 0.1) is 0 Å². The van der Waals surface area contributed by atoms with Crippen molar-refractivity contribution in [2.75, 3.05) is 33.3 Å². The molecule has 9 nitrogen and oxygen atoms in total. The van der Waals surface area contributed by atoms with Gasteiger partial charge >= 0.3 is 6.09 Å². The first kappa shape index (κ1) is 32.4. The molecule has 1 aromatic carbocycles. The molecule has 32 heavy (non-hydrogen) atoms. The second-order valence-electron chi connectivity index (χ2n) is 7.24. The molecular formula is C23H44N2O7. The molecule has 4 atom stereocenters. The molecule has 3 rings (SSSR count). The van der Waals surface area contributed by atoms with Gasteiger partial charge in [-0.05, 0) is 37.8 Å². The molecule has 2 heterocycles. The average molecular weight is 461 g/mol. The van der Waals surface area contributed by atoms with Crippen molar-refractivity contribution in [1.82, 2.24) is 10.2 Å². The molecule has 9 heteroatoms. The van der Waals surface area contributed by atoms with Crippen LogP contribution in [0.15, 0.2) is 30.3 Å². The summed E-state index contributed by atoms with van der Waals surface area (Å²) in [6.45, 7) is 2.28. The van der Waals surface area contributed by atoms with E-state index in [0.717, 1.165) is 25.6 Å².